The van der Waals surface area contributed by atoms with Crippen LogP contribution in [0.3, 0.4) is 0 Å². The summed E-state index contributed by atoms with van der Waals surface area (Å²) < 4.78 is 4.62. The van der Waals surface area contributed by atoms with Crippen molar-refractivity contribution in [1.29, 1.82) is 0 Å². The first-order valence-electron chi connectivity index (χ1n) is 12.9. The zero-order valence-corrected chi connectivity index (χ0v) is 22.3. The lowest BCUT2D eigenvalue weighted by Gasteiger charge is -2.33. The van der Waals surface area contributed by atoms with E-state index in [9.17, 15) is 40.5 Å². The van der Waals surface area contributed by atoms with Crippen molar-refractivity contribution < 1.29 is 45.3 Å². The summed E-state index contributed by atoms with van der Waals surface area (Å²) in [6.07, 6.45) is 5.65. The molecule has 0 aromatic heterocycles. The maximum Gasteiger partial charge on any atom is 0.338 e. The summed E-state index contributed by atoms with van der Waals surface area (Å²) in [7, 11) is 0. The zero-order valence-electron chi connectivity index (χ0n) is 22.3. The van der Waals surface area contributed by atoms with Gasteiger partial charge in [0.25, 0.3) is 0 Å². The number of ether oxygens (including phenoxy) is 1. The van der Waals surface area contributed by atoms with Gasteiger partial charge in [0.05, 0.1) is 6.10 Å². The number of aliphatic hydroxyl groups excluding tert-OH is 7. The molecule has 1 heterocycles. The van der Waals surface area contributed by atoms with Gasteiger partial charge in [-0.2, -0.15) is 0 Å². The van der Waals surface area contributed by atoms with Crippen LogP contribution >= 0.6 is 0 Å². The number of carbonyl (C=O) groups is 1. The number of unbranched alkanes of at least 4 members (excludes halogenated alkanes) is 1. The lowest BCUT2D eigenvalue weighted by atomic mass is 9.89. The predicted molar refractivity (Wildman–Crippen MR) is 140 cm³/mol. The normalized spacial score (nSPS) is 26.2. The number of aliphatic hydroxyl groups is 7. The number of hydrogen-bond acceptors (Lipinski definition) is 9. The third-order valence-electron chi connectivity index (χ3n) is 6.31. The van der Waals surface area contributed by atoms with Crippen LogP contribution in [0.1, 0.15) is 59.8 Å². The van der Waals surface area contributed by atoms with Gasteiger partial charge in [-0.25, -0.2) is 4.79 Å². The second-order valence-electron chi connectivity index (χ2n) is 10.9. The van der Waals surface area contributed by atoms with Crippen molar-refractivity contribution >= 4 is 5.97 Å². The van der Waals surface area contributed by atoms with Crippen LogP contribution in [0.5, 0.6) is 0 Å². The Bertz CT molecular complexity index is 783. The second-order valence-corrected chi connectivity index (χ2v) is 10.9. The fourth-order valence-corrected chi connectivity index (χ4v) is 3.75. The molecule has 0 spiro atoms. The van der Waals surface area contributed by atoms with Crippen LogP contribution in [0.2, 0.25) is 0 Å². The first kappa shape index (κ1) is 33.2. The topological polar surface area (TPSA) is 168 Å². The molecule has 0 aromatic carbocycles. The van der Waals surface area contributed by atoms with Crippen molar-refractivity contribution in [2.75, 3.05) is 0 Å². The molecule has 0 saturated carbocycles. The van der Waals surface area contributed by atoms with E-state index in [4.69, 9.17) is 0 Å². The first-order chi connectivity index (χ1) is 17.3. The first-order valence-corrected chi connectivity index (χ1v) is 12.9. The molecule has 1 saturated heterocycles. The molecule has 0 amide bonds. The number of allylic oxidation sites excluding steroid dienone is 8. The number of rotatable bonds is 15. The van der Waals surface area contributed by atoms with E-state index in [1.807, 2.05) is 18.2 Å². The molecule has 7 N–H and O–H groups in total. The van der Waals surface area contributed by atoms with E-state index < -0.39 is 60.7 Å². The number of hydrogen-bond donors (Lipinski definition) is 7. The largest absolute Gasteiger partial charge is 0.455 e. The Morgan fingerprint density at radius 2 is 1.27 bits per heavy atom. The molecule has 1 rings (SSSR count). The third kappa shape index (κ3) is 11.6. The Morgan fingerprint density at radius 1 is 0.784 bits per heavy atom. The van der Waals surface area contributed by atoms with E-state index in [1.165, 1.54) is 0 Å². The summed E-state index contributed by atoms with van der Waals surface area (Å²) in [4.78, 5) is 11.3. The Hall–Kier alpha value is -1.85. The van der Waals surface area contributed by atoms with Gasteiger partial charge in [-0.3, -0.25) is 0 Å². The van der Waals surface area contributed by atoms with Crippen LogP contribution in [0.25, 0.3) is 0 Å². The second kappa shape index (κ2) is 16.2. The van der Waals surface area contributed by atoms with Gasteiger partial charge >= 0.3 is 5.97 Å². The molecular formula is C28H46O9. The molecule has 1 aliphatic heterocycles. The van der Waals surface area contributed by atoms with Crippen LogP contribution in [0.4, 0.5) is 0 Å². The summed E-state index contributed by atoms with van der Waals surface area (Å²) in [5.74, 6) is -1.67. The quantitative estimate of drug-likeness (QED) is 0.0945. The van der Waals surface area contributed by atoms with Gasteiger partial charge in [-0.1, -0.05) is 76.3 Å². The van der Waals surface area contributed by atoms with E-state index in [-0.39, 0.29) is 0 Å². The molecule has 1 fully saturated rings. The zero-order chi connectivity index (χ0) is 28.2. The predicted octanol–water partition coefficient (Wildman–Crippen LogP) is 1.30. The van der Waals surface area contributed by atoms with E-state index in [0.717, 1.165) is 25.7 Å². The Kier molecular flexibility index (Phi) is 14.5. The van der Waals surface area contributed by atoms with Crippen molar-refractivity contribution in [3.05, 3.63) is 48.6 Å². The lowest BCUT2D eigenvalue weighted by molar-refractivity contribution is -0.174. The van der Waals surface area contributed by atoms with Crippen LogP contribution in [-0.2, 0) is 9.53 Å². The molecule has 0 aliphatic carbocycles. The van der Waals surface area contributed by atoms with Crippen LogP contribution in [0.15, 0.2) is 48.6 Å². The highest BCUT2D eigenvalue weighted by Crippen LogP contribution is 2.24. The molecule has 0 bridgehead atoms. The van der Waals surface area contributed by atoms with E-state index in [0.29, 0.717) is 11.8 Å². The van der Waals surface area contributed by atoms with Crippen LogP contribution in [-0.4, -0.2) is 90.5 Å². The van der Waals surface area contributed by atoms with Crippen molar-refractivity contribution in [3.8, 4) is 0 Å². The molecular weight excluding hydrogens is 480 g/mol. The van der Waals surface area contributed by atoms with Crippen molar-refractivity contribution in [2.24, 2.45) is 11.3 Å². The SMILES string of the molecule is C[C@@H](CC=C/C=C/CC/C=C/C=C/CCC(C)(C)C)[C@@H](O)[C@@H](O)[C@@H](O)[C@@H](O)[C@@H](O)[C@@H]1OC(=O)[C@@H](O)[C@@H]1O. The summed E-state index contributed by atoms with van der Waals surface area (Å²) in [5.41, 5.74) is 0.348. The highest BCUT2D eigenvalue weighted by molar-refractivity contribution is 5.77. The van der Waals surface area contributed by atoms with E-state index in [2.05, 4.69) is 49.8 Å². The average molecular weight is 527 g/mol. The minimum atomic E-state index is -2.05. The Balaban J connectivity index is 2.37. The highest BCUT2D eigenvalue weighted by Gasteiger charge is 2.50. The average Bonchev–Trinajstić information content (AvgIpc) is 3.10. The molecule has 0 unspecified atom stereocenters. The fraction of sp³-hybridized carbons (Fsp3) is 0.679. The standard InChI is InChI=1S/C28H46O9/c1-18(16-14-12-10-8-6-5-7-9-11-13-15-17-28(2,3)4)19(29)20(30)21(31)22(32)23(33)26-24(34)25(35)27(36)37-26/h7-14,18-26,29-35H,5-6,15-17H2,1-4H3/b9-7+,10-8+,13-11+,14-12?/t18-,19+,20+,21+,22+,23+,24-,25-,26-/m0/s1. The number of cyclic esters (lactones) is 1. The van der Waals surface area contributed by atoms with Crippen LogP contribution < -0.4 is 0 Å². The highest BCUT2D eigenvalue weighted by atomic mass is 16.6. The maximum atomic E-state index is 11.3. The minimum absolute atomic E-state index is 0.348. The van der Waals surface area contributed by atoms with Gasteiger partial charge in [0.15, 0.2) is 12.2 Å². The maximum absolute atomic E-state index is 11.3. The van der Waals surface area contributed by atoms with Gasteiger partial charge in [0, 0.05) is 0 Å². The van der Waals surface area contributed by atoms with Crippen molar-refractivity contribution in [3.63, 3.8) is 0 Å². The molecule has 0 radical (unpaired) electrons. The molecule has 9 nitrogen and oxygen atoms in total. The van der Waals surface area contributed by atoms with E-state index in [1.54, 1.807) is 13.0 Å². The number of esters is 1. The van der Waals surface area contributed by atoms with Gasteiger partial charge < -0.3 is 40.5 Å². The molecule has 212 valence electrons. The molecule has 0 aromatic rings. The fourth-order valence-electron chi connectivity index (χ4n) is 3.75. The molecule has 37 heavy (non-hydrogen) atoms. The van der Waals surface area contributed by atoms with Gasteiger partial charge in [0.2, 0.25) is 0 Å². The smallest absolute Gasteiger partial charge is 0.338 e. The molecule has 1 aliphatic rings. The minimum Gasteiger partial charge on any atom is -0.455 e. The van der Waals surface area contributed by atoms with Gasteiger partial charge in [-0.15, -0.1) is 0 Å². The molecule has 9 atom stereocenters. The third-order valence-corrected chi connectivity index (χ3v) is 6.31. The van der Waals surface area contributed by atoms with E-state index >= 15 is 0 Å². The molecule has 9 heteroatoms. The Labute approximate surface area is 220 Å². The number of carbonyl (C=O) groups excluding carboxylic acids is 1. The summed E-state index contributed by atoms with van der Waals surface area (Å²) in [6, 6.07) is 0. The van der Waals surface area contributed by atoms with Gasteiger partial charge in [0.1, 0.15) is 30.5 Å². The summed E-state index contributed by atoms with van der Waals surface area (Å²) in [5, 5.41) is 70.3. The van der Waals surface area contributed by atoms with Crippen molar-refractivity contribution in [1.82, 2.24) is 0 Å². The Morgan fingerprint density at radius 3 is 1.76 bits per heavy atom. The van der Waals surface area contributed by atoms with Crippen molar-refractivity contribution in [2.45, 2.75) is 109 Å². The lowest BCUT2D eigenvalue weighted by Crippen LogP contribution is -2.55. The summed E-state index contributed by atoms with van der Waals surface area (Å²) >= 11 is 0. The summed E-state index contributed by atoms with van der Waals surface area (Å²) in [6.45, 7) is 8.34. The van der Waals surface area contributed by atoms with Crippen LogP contribution in [0, 0.1) is 11.3 Å². The monoisotopic (exact) mass is 526 g/mol. The van der Waals surface area contributed by atoms with Gasteiger partial charge in [-0.05, 0) is 43.4 Å².